The monoisotopic (exact) mass is 304 g/mol. The fraction of sp³-hybridized carbons (Fsp3) is 0.588. The molecule has 0 saturated carbocycles. The van der Waals surface area contributed by atoms with E-state index in [2.05, 4.69) is 44.9 Å². The van der Waals surface area contributed by atoms with Gasteiger partial charge in [0.25, 0.3) is 0 Å². The summed E-state index contributed by atoms with van der Waals surface area (Å²) in [6.45, 7) is 11.5. The number of nitrogens with zero attached hydrogens (tertiary/aromatic N) is 1. The molecule has 1 aliphatic carbocycles. The second-order valence-electron chi connectivity index (χ2n) is 7.47. The maximum absolute atomic E-state index is 6.51. The number of nitrogens with two attached hydrogens (primary N) is 1. The summed E-state index contributed by atoms with van der Waals surface area (Å²) in [5.41, 5.74) is 9.26. The molecule has 0 bridgehead atoms. The summed E-state index contributed by atoms with van der Waals surface area (Å²) in [6.07, 6.45) is 9.31. The first-order valence-electron chi connectivity index (χ1n) is 7.77. The van der Waals surface area contributed by atoms with E-state index in [4.69, 9.17) is 10.2 Å². The molecule has 1 atom stereocenters. The highest BCUT2D eigenvalue weighted by Gasteiger charge is 2.39. The fourth-order valence-electron chi connectivity index (χ4n) is 2.45. The summed E-state index contributed by atoms with van der Waals surface area (Å²) in [5.74, 6) is 0. The average Bonchev–Trinajstić information content (AvgIpc) is 2.39. The Hall–Kier alpha value is -1.13. The van der Waals surface area contributed by atoms with E-state index in [1.54, 1.807) is 6.20 Å². The molecular formula is C17H28N2OSi. The zero-order valence-electron chi connectivity index (χ0n) is 13.9. The van der Waals surface area contributed by atoms with Crippen LogP contribution in [0.1, 0.15) is 45.6 Å². The largest absolute Gasteiger partial charge is 0.414 e. The summed E-state index contributed by atoms with van der Waals surface area (Å²) >= 11 is 0. The number of pyridine rings is 1. The van der Waals surface area contributed by atoms with Crippen molar-refractivity contribution in [3.63, 3.8) is 0 Å². The lowest BCUT2D eigenvalue weighted by molar-refractivity contribution is 0.172. The van der Waals surface area contributed by atoms with Gasteiger partial charge in [-0.15, -0.1) is 0 Å². The maximum atomic E-state index is 6.51. The molecule has 1 heterocycles. The van der Waals surface area contributed by atoms with Gasteiger partial charge in [-0.3, -0.25) is 4.98 Å². The minimum atomic E-state index is -1.67. The van der Waals surface area contributed by atoms with E-state index in [1.165, 1.54) is 5.57 Å². The van der Waals surface area contributed by atoms with E-state index < -0.39 is 8.32 Å². The van der Waals surface area contributed by atoms with E-state index in [0.29, 0.717) is 6.10 Å². The second-order valence-corrected chi connectivity index (χ2v) is 12.2. The molecule has 0 aromatic carbocycles. The maximum Gasteiger partial charge on any atom is 0.192 e. The van der Waals surface area contributed by atoms with Gasteiger partial charge in [0.1, 0.15) is 0 Å². The number of nitrogen functional groups attached to an aromatic ring is 1. The molecule has 0 fully saturated rings. The van der Waals surface area contributed by atoms with Crippen LogP contribution in [0.5, 0.6) is 0 Å². The molecule has 0 aliphatic heterocycles. The summed E-state index contributed by atoms with van der Waals surface area (Å²) in [4.78, 5) is 4.06. The second kappa shape index (κ2) is 5.93. The highest BCUT2D eigenvalue weighted by atomic mass is 28.4. The Bertz CT molecular complexity index is 532. The van der Waals surface area contributed by atoms with Crippen LogP contribution in [0.3, 0.4) is 0 Å². The summed E-state index contributed by atoms with van der Waals surface area (Å²) < 4.78 is 6.51. The molecule has 2 N–H and O–H groups in total. The van der Waals surface area contributed by atoms with Gasteiger partial charge in [0.15, 0.2) is 8.32 Å². The van der Waals surface area contributed by atoms with E-state index in [9.17, 15) is 0 Å². The highest BCUT2D eigenvalue weighted by Crippen LogP contribution is 2.39. The van der Waals surface area contributed by atoms with Crippen LogP contribution in [-0.4, -0.2) is 19.4 Å². The fourth-order valence-corrected chi connectivity index (χ4v) is 3.86. The molecule has 1 aromatic rings. The van der Waals surface area contributed by atoms with Gasteiger partial charge in [-0.05, 0) is 49.0 Å². The Morgan fingerprint density at radius 3 is 2.57 bits per heavy atom. The molecule has 0 radical (unpaired) electrons. The lowest BCUT2D eigenvalue weighted by atomic mass is 9.92. The van der Waals surface area contributed by atoms with Crippen molar-refractivity contribution >= 4 is 19.6 Å². The number of allylic oxidation sites excluding steroid dienone is 1. The van der Waals surface area contributed by atoms with Gasteiger partial charge < -0.3 is 10.2 Å². The molecule has 116 valence electrons. The summed E-state index contributed by atoms with van der Waals surface area (Å²) in [7, 11) is -1.67. The third kappa shape index (κ3) is 3.74. The van der Waals surface area contributed by atoms with E-state index in [1.807, 2.05) is 12.3 Å². The number of hydrogen-bond donors (Lipinski definition) is 1. The first-order chi connectivity index (χ1) is 9.71. The third-order valence-electron chi connectivity index (χ3n) is 4.83. The smallest absolute Gasteiger partial charge is 0.192 e. The Morgan fingerprint density at radius 2 is 2.05 bits per heavy atom. The van der Waals surface area contributed by atoms with Crippen molar-refractivity contribution in [2.24, 2.45) is 0 Å². The number of rotatable bonds is 3. The molecule has 21 heavy (non-hydrogen) atoms. The van der Waals surface area contributed by atoms with Gasteiger partial charge in [0, 0.05) is 17.9 Å². The number of anilines is 1. The summed E-state index contributed by atoms with van der Waals surface area (Å²) in [6, 6.07) is 2.01. The van der Waals surface area contributed by atoms with Crippen LogP contribution >= 0.6 is 0 Å². The average molecular weight is 305 g/mol. The van der Waals surface area contributed by atoms with Gasteiger partial charge in [-0.1, -0.05) is 26.8 Å². The van der Waals surface area contributed by atoms with Crippen LogP contribution in [0, 0.1) is 0 Å². The lowest BCUT2D eigenvalue weighted by Gasteiger charge is -2.40. The van der Waals surface area contributed by atoms with Crippen molar-refractivity contribution in [2.75, 3.05) is 5.73 Å². The minimum Gasteiger partial charge on any atom is -0.414 e. The van der Waals surface area contributed by atoms with Crippen LogP contribution in [0.2, 0.25) is 18.1 Å². The quantitative estimate of drug-likeness (QED) is 0.829. The molecule has 2 rings (SSSR count). The molecule has 0 spiro atoms. The standard InChI is InChI=1S/C17H28N2OSi/c1-17(2,3)21(4,5)20-14-8-6-13(7-9-14)15-10-11-19-12-16(15)18/h6,10-12,14H,7-9,18H2,1-5H3. The van der Waals surface area contributed by atoms with Gasteiger partial charge >= 0.3 is 0 Å². The molecular weight excluding hydrogens is 276 g/mol. The van der Waals surface area contributed by atoms with Crippen LogP contribution < -0.4 is 5.73 Å². The van der Waals surface area contributed by atoms with Crippen molar-refractivity contribution in [2.45, 2.75) is 64.3 Å². The number of aromatic nitrogens is 1. The molecule has 1 aromatic heterocycles. The van der Waals surface area contributed by atoms with Crippen LogP contribution in [0.4, 0.5) is 5.69 Å². The molecule has 3 nitrogen and oxygen atoms in total. The topological polar surface area (TPSA) is 48.1 Å². The Morgan fingerprint density at radius 1 is 1.33 bits per heavy atom. The van der Waals surface area contributed by atoms with E-state index >= 15 is 0 Å². The Labute approximate surface area is 129 Å². The number of hydrogen-bond acceptors (Lipinski definition) is 3. The van der Waals surface area contributed by atoms with Crippen molar-refractivity contribution in [3.8, 4) is 0 Å². The van der Waals surface area contributed by atoms with Gasteiger partial charge in [-0.25, -0.2) is 0 Å². The van der Waals surface area contributed by atoms with Gasteiger partial charge in [0.05, 0.1) is 11.9 Å². The predicted octanol–water partition coefficient (Wildman–Crippen LogP) is 4.62. The highest BCUT2D eigenvalue weighted by molar-refractivity contribution is 6.74. The SMILES string of the molecule is CC(C)(C)[Si](C)(C)OC1CC=C(c2ccncc2N)CC1. The zero-order chi connectivity index (χ0) is 15.7. The Kier molecular flexibility index (Phi) is 4.59. The van der Waals surface area contributed by atoms with Gasteiger partial charge in [-0.2, -0.15) is 0 Å². The molecule has 0 amide bonds. The zero-order valence-corrected chi connectivity index (χ0v) is 14.9. The van der Waals surface area contributed by atoms with Crippen LogP contribution in [0.25, 0.3) is 5.57 Å². The van der Waals surface area contributed by atoms with Crippen LogP contribution in [0.15, 0.2) is 24.5 Å². The van der Waals surface area contributed by atoms with E-state index in [0.717, 1.165) is 30.5 Å². The predicted molar refractivity (Wildman–Crippen MR) is 92.5 cm³/mol. The molecule has 4 heteroatoms. The summed E-state index contributed by atoms with van der Waals surface area (Å²) in [5, 5.41) is 0.270. The van der Waals surface area contributed by atoms with Crippen LogP contribution in [-0.2, 0) is 4.43 Å². The van der Waals surface area contributed by atoms with Crippen molar-refractivity contribution in [3.05, 3.63) is 30.1 Å². The van der Waals surface area contributed by atoms with Crippen molar-refractivity contribution in [1.82, 2.24) is 4.98 Å². The first-order valence-corrected chi connectivity index (χ1v) is 10.7. The third-order valence-corrected chi connectivity index (χ3v) is 9.36. The molecule has 1 aliphatic rings. The molecule has 0 saturated heterocycles. The lowest BCUT2D eigenvalue weighted by Crippen LogP contribution is -2.44. The van der Waals surface area contributed by atoms with E-state index in [-0.39, 0.29) is 5.04 Å². The normalized spacial score (nSPS) is 20.2. The van der Waals surface area contributed by atoms with Crippen molar-refractivity contribution in [1.29, 1.82) is 0 Å². The van der Waals surface area contributed by atoms with Gasteiger partial charge in [0.2, 0.25) is 0 Å². The first kappa shape index (κ1) is 16.2. The Balaban J connectivity index is 2.05. The molecule has 1 unspecified atom stereocenters. The minimum absolute atomic E-state index is 0.270. The van der Waals surface area contributed by atoms with Crippen molar-refractivity contribution < 1.29 is 4.43 Å².